The first-order chi connectivity index (χ1) is 3.39. The van der Waals surface area contributed by atoms with Gasteiger partial charge in [-0.05, 0) is 22.6 Å². The summed E-state index contributed by atoms with van der Waals surface area (Å²) in [6.45, 7) is 0.868. The monoisotopic (exact) mass is 208 g/mol. The molecule has 0 aromatic carbocycles. The third-order valence-corrected chi connectivity index (χ3v) is 1.23. The lowest BCUT2D eigenvalue weighted by molar-refractivity contribution is 1.00. The van der Waals surface area contributed by atoms with Crippen LogP contribution in [0.15, 0.2) is 14.9 Å². The Hall–Kier alpha value is -0.0600. The molecule has 0 amide bonds. The van der Waals surface area contributed by atoms with Crippen LogP contribution in [-0.4, -0.2) is 12.8 Å². The van der Waals surface area contributed by atoms with Crippen molar-refractivity contribution in [1.82, 2.24) is 5.32 Å². The molecule has 7 heavy (non-hydrogen) atoms. The smallest absolute Gasteiger partial charge is 0.116 e. The van der Waals surface area contributed by atoms with Crippen molar-refractivity contribution in [3.63, 3.8) is 0 Å². The number of nitrogens with zero attached hydrogens (tertiary/aromatic N) is 1. The minimum atomic E-state index is 0.868. The third-order valence-electron chi connectivity index (χ3n) is 0.645. The van der Waals surface area contributed by atoms with Crippen molar-refractivity contribution >= 4 is 28.8 Å². The number of aliphatic imine (C=N–C) groups is 1. The normalized spacial score (nSPS) is 18.1. The Bertz CT molecular complexity index is 117. The van der Waals surface area contributed by atoms with E-state index >= 15 is 0 Å². The third kappa shape index (κ3) is 1.46. The number of hydrogen-bond donors (Lipinski definition) is 1. The van der Waals surface area contributed by atoms with Gasteiger partial charge in [-0.2, -0.15) is 0 Å². The number of hydrogen-bond acceptors (Lipinski definition) is 2. The molecule has 0 fully saturated rings. The van der Waals surface area contributed by atoms with Crippen LogP contribution in [0.5, 0.6) is 0 Å². The van der Waals surface area contributed by atoms with E-state index in [0.717, 1.165) is 10.2 Å². The molecular formula is C4H5IN2. The molecule has 0 atom stereocenters. The highest BCUT2D eigenvalue weighted by Gasteiger charge is 1.87. The van der Waals surface area contributed by atoms with Gasteiger partial charge in [0.05, 0.1) is 0 Å². The first kappa shape index (κ1) is 5.08. The molecule has 0 aromatic heterocycles. The van der Waals surface area contributed by atoms with Crippen LogP contribution in [0, 0.1) is 0 Å². The molecule has 1 heterocycles. The van der Waals surface area contributed by atoms with Crippen LogP contribution in [0.2, 0.25) is 0 Å². The molecule has 0 aliphatic carbocycles. The summed E-state index contributed by atoms with van der Waals surface area (Å²) < 4.78 is 1.02. The molecule has 0 radical (unpaired) electrons. The molecule has 0 aromatic rings. The van der Waals surface area contributed by atoms with Gasteiger partial charge in [-0.3, -0.25) is 4.99 Å². The largest absolute Gasteiger partial charge is 0.384 e. The van der Waals surface area contributed by atoms with E-state index in [1.165, 1.54) is 0 Å². The van der Waals surface area contributed by atoms with E-state index in [1.807, 2.05) is 12.4 Å². The molecule has 0 saturated carbocycles. The van der Waals surface area contributed by atoms with Gasteiger partial charge < -0.3 is 5.32 Å². The SMILES string of the molecule is IC1=CNCC=N1. The van der Waals surface area contributed by atoms with Crippen molar-refractivity contribution in [1.29, 1.82) is 0 Å². The second-order valence-corrected chi connectivity index (χ2v) is 2.29. The molecule has 0 spiro atoms. The quantitative estimate of drug-likeness (QED) is 0.464. The van der Waals surface area contributed by atoms with E-state index in [0.29, 0.717) is 0 Å². The van der Waals surface area contributed by atoms with Crippen molar-refractivity contribution in [3.8, 4) is 0 Å². The van der Waals surface area contributed by atoms with Crippen LogP contribution in [0.4, 0.5) is 0 Å². The van der Waals surface area contributed by atoms with Crippen LogP contribution in [0.3, 0.4) is 0 Å². The molecular weight excluding hydrogens is 203 g/mol. The highest BCUT2D eigenvalue weighted by Crippen LogP contribution is 2.05. The minimum Gasteiger partial charge on any atom is -0.384 e. The molecule has 2 nitrogen and oxygen atoms in total. The zero-order chi connectivity index (χ0) is 5.11. The molecule has 3 heteroatoms. The Morgan fingerprint density at radius 3 is 3.00 bits per heavy atom. The second kappa shape index (κ2) is 2.30. The van der Waals surface area contributed by atoms with Crippen molar-refractivity contribution in [3.05, 3.63) is 9.90 Å². The molecule has 1 N–H and O–H groups in total. The van der Waals surface area contributed by atoms with Gasteiger partial charge in [-0.1, -0.05) is 0 Å². The highest BCUT2D eigenvalue weighted by atomic mass is 127. The van der Waals surface area contributed by atoms with Crippen LogP contribution in [-0.2, 0) is 0 Å². The summed E-state index contributed by atoms with van der Waals surface area (Å²) in [5.41, 5.74) is 0. The zero-order valence-corrected chi connectivity index (χ0v) is 5.84. The molecule has 1 rings (SSSR count). The fourth-order valence-electron chi connectivity index (χ4n) is 0.366. The predicted molar refractivity (Wildman–Crippen MR) is 38.6 cm³/mol. The lowest BCUT2D eigenvalue weighted by Crippen LogP contribution is -2.11. The van der Waals surface area contributed by atoms with Crippen molar-refractivity contribution in [2.45, 2.75) is 0 Å². The second-order valence-electron chi connectivity index (χ2n) is 1.19. The fourth-order valence-corrected chi connectivity index (χ4v) is 0.783. The first-order valence-electron chi connectivity index (χ1n) is 2.01. The molecule has 38 valence electrons. The summed E-state index contributed by atoms with van der Waals surface area (Å²) in [6, 6.07) is 0. The first-order valence-corrected chi connectivity index (χ1v) is 3.09. The summed E-state index contributed by atoms with van der Waals surface area (Å²) in [7, 11) is 0. The van der Waals surface area contributed by atoms with Crippen LogP contribution in [0.1, 0.15) is 0 Å². The highest BCUT2D eigenvalue weighted by molar-refractivity contribution is 14.1. The van der Waals surface area contributed by atoms with E-state index in [9.17, 15) is 0 Å². The Labute approximate surface area is 55.8 Å². The summed E-state index contributed by atoms with van der Waals surface area (Å²) >= 11 is 2.16. The van der Waals surface area contributed by atoms with Gasteiger partial charge in [0, 0.05) is 19.0 Å². The fraction of sp³-hybridized carbons (Fsp3) is 0.250. The molecule has 0 saturated heterocycles. The number of nitrogens with one attached hydrogen (secondary N) is 1. The zero-order valence-electron chi connectivity index (χ0n) is 3.69. The standard InChI is InChI=1S/C4H5IN2/c5-4-3-6-1-2-7-4/h2-3,6H,1H2. The lowest BCUT2D eigenvalue weighted by Gasteiger charge is -1.98. The van der Waals surface area contributed by atoms with E-state index < -0.39 is 0 Å². The van der Waals surface area contributed by atoms with Gasteiger partial charge in [0.2, 0.25) is 0 Å². The maximum atomic E-state index is 3.99. The molecule has 1 aliphatic heterocycles. The van der Waals surface area contributed by atoms with Crippen LogP contribution < -0.4 is 5.32 Å². The molecule has 0 bridgehead atoms. The van der Waals surface area contributed by atoms with Crippen LogP contribution in [0.25, 0.3) is 0 Å². The van der Waals surface area contributed by atoms with Gasteiger partial charge in [0.15, 0.2) is 0 Å². The Kier molecular flexibility index (Phi) is 1.67. The van der Waals surface area contributed by atoms with Gasteiger partial charge in [0.25, 0.3) is 0 Å². The summed E-state index contributed by atoms with van der Waals surface area (Å²) in [4.78, 5) is 3.99. The minimum absolute atomic E-state index is 0.868. The van der Waals surface area contributed by atoms with Gasteiger partial charge in [-0.15, -0.1) is 0 Å². The Morgan fingerprint density at radius 1 is 1.86 bits per heavy atom. The number of rotatable bonds is 0. The Balaban J connectivity index is 2.58. The van der Waals surface area contributed by atoms with Gasteiger partial charge >= 0.3 is 0 Å². The summed E-state index contributed by atoms with van der Waals surface area (Å²) in [5, 5.41) is 3.02. The van der Waals surface area contributed by atoms with Gasteiger partial charge in [0.1, 0.15) is 3.70 Å². The molecule has 0 unspecified atom stereocenters. The van der Waals surface area contributed by atoms with E-state index in [-0.39, 0.29) is 0 Å². The summed E-state index contributed by atoms with van der Waals surface area (Å²) in [5.74, 6) is 0. The number of halogens is 1. The average molecular weight is 208 g/mol. The van der Waals surface area contributed by atoms with E-state index in [4.69, 9.17) is 0 Å². The maximum Gasteiger partial charge on any atom is 0.116 e. The van der Waals surface area contributed by atoms with Crippen molar-refractivity contribution in [2.24, 2.45) is 4.99 Å². The predicted octanol–water partition coefficient (Wildman–Crippen LogP) is 0.894. The maximum absolute atomic E-state index is 3.99. The van der Waals surface area contributed by atoms with E-state index in [2.05, 4.69) is 32.9 Å². The van der Waals surface area contributed by atoms with Crippen molar-refractivity contribution in [2.75, 3.05) is 6.54 Å². The van der Waals surface area contributed by atoms with Gasteiger partial charge in [-0.25, -0.2) is 0 Å². The Morgan fingerprint density at radius 2 is 2.71 bits per heavy atom. The van der Waals surface area contributed by atoms with Crippen molar-refractivity contribution < 1.29 is 0 Å². The average Bonchev–Trinajstić information content (AvgIpc) is 1.69. The lowest BCUT2D eigenvalue weighted by atomic mass is 10.6. The summed E-state index contributed by atoms with van der Waals surface area (Å²) in [6.07, 6.45) is 3.74. The van der Waals surface area contributed by atoms with E-state index in [1.54, 1.807) is 0 Å². The molecule has 1 aliphatic rings. The van der Waals surface area contributed by atoms with Crippen LogP contribution >= 0.6 is 22.6 Å². The topological polar surface area (TPSA) is 24.4 Å².